The predicted molar refractivity (Wildman–Crippen MR) is 120 cm³/mol. The second kappa shape index (κ2) is 7.79. The summed E-state index contributed by atoms with van der Waals surface area (Å²) in [6.07, 6.45) is 3.14. The first-order valence-electron chi connectivity index (χ1n) is 9.74. The quantitative estimate of drug-likeness (QED) is 0.483. The number of rotatable bonds is 5. The molecule has 1 aliphatic rings. The highest BCUT2D eigenvalue weighted by Crippen LogP contribution is 2.34. The van der Waals surface area contributed by atoms with Crippen LogP contribution in [0.1, 0.15) is 46.4 Å². The smallest absolute Gasteiger partial charge is 0.330 e. The number of hydrogen-bond acceptors (Lipinski definition) is 5. The van der Waals surface area contributed by atoms with E-state index in [2.05, 4.69) is 15.3 Å². The number of carbonyl (C=O) groups excluding carboxylic acids is 1. The number of benzene rings is 1. The van der Waals surface area contributed by atoms with E-state index in [1.54, 1.807) is 12.1 Å². The van der Waals surface area contributed by atoms with E-state index in [-0.39, 0.29) is 28.9 Å². The lowest BCUT2D eigenvalue weighted by molar-refractivity contribution is 0.0943. The van der Waals surface area contributed by atoms with Crippen LogP contribution >= 0.6 is 22.9 Å². The van der Waals surface area contributed by atoms with Crippen molar-refractivity contribution < 1.29 is 4.79 Å². The number of halogens is 1. The van der Waals surface area contributed by atoms with E-state index >= 15 is 0 Å². The molecular formula is C22H17ClN4O3S. The van der Waals surface area contributed by atoms with Crippen molar-refractivity contribution in [2.45, 2.75) is 24.9 Å². The summed E-state index contributed by atoms with van der Waals surface area (Å²) in [5.41, 5.74) is 1.35. The van der Waals surface area contributed by atoms with Crippen LogP contribution in [0.25, 0.3) is 11.0 Å². The molecule has 3 aromatic heterocycles. The summed E-state index contributed by atoms with van der Waals surface area (Å²) in [5, 5.41) is 7.76. The average molecular weight is 453 g/mol. The van der Waals surface area contributed by atoms with Gasteiger partial charge in [0.25, 0.3) is 11.5 Å². The molecule has 1 atom stereocenters. The molecule has 4 aromatic rings. The molecule has 7 nitrogen and oxygen atoms in total. The van der Waals surface area contributed by atoms with Gasteiger partial charge in [-0.3, -0.25) is 19.1 Å². The van der Waals surface area contributed by atoms with E-state index in [1.807, 2.05) is 29.0 Å². The van der Waals surface area contributed by atoms with Crippen LogP contribution in [-0.2, 0) is 0 Å². The number of H-pyrrole nitrogens is 1. The van der Waals surface area contributed by atoms with Crippen molar-refractivity contribution in [3.8, 4) is 0 Å². The van der Waals surface area contributed by atoms with Crippen LogP contribution in [0.3, 0.4) is 0 Å². The Balaban J connectivity index is 1.52. The standard InChI is InChI=1S/C22H17ClN4O3S/c23-15-3-1-12(2-4-15)18(13-7-8-31-11-13)25-20(28)14-9-17-19(24-10-14)27(16-5-6-16)22(30)26-21(17)29/h1-4,7-11,16,18H,5-6H2,(H,25,28)(H,26,29,30). The van der Waals surface area contributed by atoms with Gasteiger partial charge in [-0.2, -0.15) is 11.3 Å². The first-order valence-corrected chi connectivity index (χ1v) is 11.1. The number of hydrogen-bond donors (Lipinski definition) is 2. The van der Waals surface area contributed by atoms with Gasteiger partial charge in [-0.05, 0) is 59.0 Å². The van der Waals surface area contributed by atoms with Crippen LogP contribution < -0.4 is 16.6 Å². The lowest BCUT2D eigenvalue weighted by Gasteiger charge is -2.19. The van der Waals surface area contributed by atoms with Gasteiger partial charge in [-0.25, -0.2) is 9.78 Å². The van der Waals surface area contributed by atoms with E-state index in [0.717, 1.165) is 24.0 Å². The van der Waals surface area contributed by atoms with Gasteiger partial charge in [0.05, 0.1) is 17.0 Å². The molecule has 1 aromatic carbocycles. The Hall–Kier alpha value is -3.23. The van der Waals surface area contributed by atoms with E-state index in [1.165, 1.54) is 28.2 Å². The van der Waals surface area contributed by atoms with Gasteiger partial charge in [0.15, 0.2) is 0 Å². The zero-order chi connectivity index (χ0) is 21.5. The number of pyridine rings is 1. The highest BCUT2D eigenvalue weighted by molar-refractivity contribution is 7.08. The SMILES string of the molecule is O=C(NC(c1ccc(Cl)cc1)c1ccsc1)c1cnc2c(c1)c(=O)[nH]c(=O)n2C1CC1. The number of aromatic nitrogens is 3. The molecule has 156 valence electrons. The maximum absolute atomic E-state index is 13.1. The van der Waals surface area contributed by atoms with Gasteiger partial charge < -0.3 is 5.32 Å². The molecule has 0 saturated heterocycles. The van der Waals surface area contributed by atoms with Crippen LogP contribution in [-0.4, -0.2) is 20.4 Å². The number of carbonyl (C=O) groups is 1. The van der Waals surface area contributed by atoms with Crippen molar-refractivity contribution >= 4 is 39.9 Å². The minimum absolute atomic E-state index is 0.0481. The van der Waals surface area contributed by atoms with Crippen molar-refractivity contribution in [3.63, 3.8) is 0 Å². The number of fused-ring (bicyclic) bond motifs is 1. The zero-order valence-electron chi connectivity index (χ0n) is 16.2. The number of amides is 1. The Labute approximate surface area is 185 Å². The molecule has 1 unspecified atom stereocenters. The molecule has 1 fully saturated rings. The molecule has 0 radical (unpaired) electrons. The van der Waals surface area contributed by atoms with Crippen molar-refractivity contribution in [1.82, 2.24) is 19.9 Å². The molecule has 1 amide bonds. The lowest BCUT2D eigenvalue weighted by Crippen LogP contribution is -2.32. The first kappa shape index (κ1) is 19.7. The van der Waals surface area contributed by atoms with Gasteiger partial charge in [-0.15, -0.1) is 0 Å². The van der Waals surface area contributed by atoms with Gasteiger partial charge in [0.2, 0.25) is 0 Å². The van der Waals surface area contributed by atoms with Crippen molar-refractivity contribution in [3.05, 3.63) is 95.9 Å². The number of aromatic amines is 1. The van der Waals surface area contributed by atoms with Crippen LogP contribution in [0.5, 0.6) is 0 Å². The van der Waals surface area contributed by atoms with Gasteiger partial charge in [0.1, 0.15) is 5.65 Å². The monoisotopic (exact) mass is 452 g/mol. The Morgan fingerprint density at radius 3 is 2.65 bits per heavy atom. The van der Waals surface area contributed by atoms with Crippen LogP contribution in [0.15, 0.2) is 62.9 Å². The summed E-state index contributed by atoms with van der Waals surface area (Å²) in [7, 11) is 0. The molecule has 0 aliphatic heterocycles. The van der Waals surface area contributed by atoms with Gasteiger partial charge in [0, 0.05) is 17.3 Å². The summed E-state index contributed by atoms with van der Waals surface area (Å²) in [5.74, 6) is -0.371. The number of thiophene rings is 1. The molecule has 9 heteroatoms. The van der Waals surface area contributed by atoms with Crippen molar-refractivity contribution in [1.29, 1.82) is 0 Å². The molecule has 1 aliphatic carbocycles. The third-order valence-electron chi connectivity index (χ3n) is 5.31. The zero-order valence-corrected chi connectivity index (χ0v) is 17.7. The van der Waals surface area contributed by atoms with Crippen LogP contribution in [0, 0.1) is 0 Å². The van der Waals surface area contributed by atoms with E-state index < -0.39 is 11.2 Å². The highest BCUT2D eigenvalue weighted by Gasteiger charge is 2.28. The highest BCUT2D eigenvalue weighted by atomic mass is 35.5. The summed E-state index contributed by atoms with van der Waals surface area (Å²) in [6.45, 7) is 0. The third kappa shape index (κ3) is 3.80. The number of nitrogens with one attached hydrogen (secondary N) is 2. The minimum atomic E-state index is -0.550. The second-order valence-electron chi connectivity index (χ2n) is 7.47. The molecule has 3 heterocycles. The van der Waals surface area contributed by atoms with Crippen molar-refractivity contribution in [2.75, 3.05) is 0 Å². The summed E-state index contributed by atoms with van der Waals surface area (Å²) in [6, 6.07) is 10.4. The molecule has 0 bridgehead atoms. The Morgan fingerprint density at radius 2 is 1.97 bits per heavy atom. The van der Waals surface area contributed by atoms with Crippen molar-refractivity contribution in [2.24, 2.45) is 0 Å². The summed E-state index contributed by atoms with van der Waals surface area (Å²) in [4.78, 5) is 44.3. The molecule has 0 spiro atoms. The normalized spacial score (nSPS) is 14.5. The predicted octanol–water partition coefficient (Wildman–Crippen LogP) is 3.65. The van der Waals surface area contributed by atoms with E-state index in [0.29, 0.717) is 10.7 Å². The number of nitrogens with zero attached hydrogens (tertiary/aromatic N) is 2. The molecule has 1 saturated carbocycles. The lowest BCUT2D eigenvalue weighted by atomic mass is 10.0. The van der Waals surface area contributed by atoms with E-state index in [4.69, 9.17) is 11.6 Å². The van der Waals surface area contributed by atoms with Gasteiger partial charge >= 0.3 is 5.69 Å². The summed E-state index contributed by atoms with van der Waals surface area (Å²) >= 11 is 7.55. The maximum Gasteiger partial charge on any atom is 0.330 e. The summed E-state index contributed by atoms with van der Waals surface area (Å²) < 4.78 is 1.50. The van der Waals surface area contributed by atoms with Gasteiger partial charge in [-0.1, -0.05) is 23.7 Å². The fourth-order valence-electron chi connectivity index (χ4n) is 3.60. The third-order valence-corrected chi connectivity index (χ3v) is 6.26. The molecule has 5 rings (SSSR count). The van der Waals surface area contributed by atoms with Crippen LogP contribution in [0.2, 0.25) is 5.02 Å². The topological polar surface area (TPSA) is 96.8 Å². The Morgan fingerprint density at radius 1 is 1.19 bits per heavy atom. The molecule has 31 heavy (non-hydrogen) atoms. The average Bonchev–Trinajstić information content (AvgIpc) is 3.44. The molecular weight excluding hydrogens is 436 g/mol. The minimum Gasteiger partial charge on any atom is -0.341 e. The fraction of sp³-hybridized carbons (Fsp3) is 0.182. The first-order chi connectivity index (χ1) is 15.0. The maximum atomic E-state index is 13.1. The Kier molecular flexibility index (Phi) is 4.95. The fourth-order valence-corrected chi connectivity index (χ4v) is 4.41. The Bertz CT molecular complexity index is 1390. The van der Waals surface area contributed by atoms with E-state index in [9.17, 15) is 14.4 Å². The molecule has 2 N–H and O–H groups in total. The van der Waals surface area contributed by atoms with Crippen LogP contribution in [0.4, 0.5) is 0 Å². The largest absolute Gasteiger partial charge is 0.341 e. The second-order valence-corrected chi connectivity index (χ2v) is 8.69.